The van der Waals surface area contributed by atoms with Crippen LogP contribution in [0.3, 0.4) is 0 Å². The predicted molar refractivity (Wildman–Crippen MR) is 70.4 cm³/mol. The maximum Gasteiger partial charge on any atom is 0.0932 e. The Bertz CT molecular complexity index is 270. The molecule has 0 aromatic heterocycles. The summed E-state index contributed by atoms with van der Waals surface area (Å²) in [5.74, 6) is 0.367. The summed E-state index contributed by atoms with van der Waals surface area (Å²) in [5.41, 5.74) is 0.0472. The number of ether oxygens (including phenoxy) is 1. The fourth-order valence-electron chi connectivity index (χ4n) is 3.34. The topological polar surface area (TPSA) is 52.9 Å². The van der Waals surface area contributed by atoms with Crippen LogP contribution in [0.15, 0.2) is 0 Å². The van der Waals surface area contributed by atoms with E-state index in [1.165, 1.54) is 6.42 Å². The number of nitrogens with zero attached hydrogens (tertiary/aromatic N) is 1. The van der Waals surface area contributed by atoms with Crippen molar-refractivity contribution in [1.29, 1.82) is 0 Å². The molecule has 2 rings (SSSR count). The molecule has 1 aliphatic carbocycles. The molecule has 0 aromatic carbocycles. The first kappa shape index (κ1) is 14.3. The molecule has 2 aliphatic rings. The fraction of sp³-hybridized carbons (Fsp3) is 1.00. The van der Waals surface area contributed by atoms with Crippen molar-refractivity contribution in [2.24, 2.45) is 11.3 Å². The van der Waals surface area contributed by atoms with Crippen LogP contribution in [-0.4, -0.2) is 60.2 Å². The van der Waals surface area contributed by atoms with E-state index in [0.717, 1.165) is 32.5 Å². The number of aliphatic hydroxyl groups excluding tert-OH is 2. The van der Waals surface area contributed by atoms with E-state index in [-0.39, 0.29) is 24.2 Å². The SMILES string of the molecule is CC1(C)CCCC(CN2CCOC(CO)C2)C1O. The summed E-state index contributed by atoms with van der Waals surface area (Å²) in [6, 6.07) is 0. The quantitative estimate of drug-likeness (QED) is 0.787. The summed E-state index contributed by atoms with van der Waals surface area (Å²) in [6.07, 6.45) is 3.19. The van der Waals surface area contributed by atoms with Gasteiger partial charge in [0.1, 0.15) is 0 Å². The van der Waals surface area contributed by atoms with E-state index in [1.54, 1.807) is 0 Å². The van der Waals surface area contributed by atoms with Gasteiger partial charge in [-0.25, -0.2) is 0 Å². The summed E-state index contributed by atoms with van der Waals surface area (Å²) in [7, 11) is 0. The van der Waals surface area contributed by atoms with Crippen LogP contribution >= 0.6 is 0 Å². The van der Waals surface area contributed by atoms with Crippen molar-refractivity contribution >= 4 is 0 Å². The van der Waals surface area contributed by atoms with Crippen LogP contribution in [-0.2, 0) is 4.74 Å². The Labute approximate surface area is 110 Å². The first-order valence-corrected chi connectivity index (χ1v) is 7.16. The Kier molecular flexibility index (Phi) is 4.64. The van der Waals surface area contributed by atoms with Gasteiger partial charge in [-0.2, -0.15) is 0 Å². The molecular weight excluding hydrogens is 230 g/mol. The lowest BCUT2D eigenvalue weighted by Gasteiger charge is -2.43. The first-order chi connectivity index (χ1) is 8.53. The standard InChI is InChI=1S/C14H27NO3/c1-14(2)5-3-4-11(13(14)17)8-15-6-7-18-12(9-15)10-16/h11-13,16-17H,3-10H2,1-2H3. The molecular formula is C14H27NO3. The minimum absolute atomic E-state index is 0.0472. The van der Waals surface area contributed by atoms with Crippen LogP contribution in [0.5, 0.6) is 0 Å². The molecule has 1 heterocycles. The highest BCUT2D eigenvalue weighted by atomic mass is 16.5. The highest BCUT2D eigenvalue weighted by molar-refractivity contribution is 4.90. The number of hydrogen-bond acceptors (Lipinski definition) is 4. The molecule has 1 saturated carbocycles. The molecule has 2 fully saturated rings. The lowest BCUT2D eigenvalue weighted by atomic mass is 9.69. The molecule has 18 heavy (non-hydrogen) atoms. The maximum absolute atomic E-state index is 10.4. The van der Waals surface area contributed by atoms with Gasteiger partial charge in [0.25, 0.3) is 0 Å². The van der Waals surface area contributed by atoms with Gasteiger partial charge in [-0.1, -0.05) is 20.3 Å². The Morgan fingerprint density at radius 1 is 1.39 bits per heavy atom. The van der Waals surface area contributed by atoms with Crippen LogP contribution in [0.4, 0.5) is 0 Å². The van der Waals surface area contributed by atoms with Gasteiger partial charge < -0.3 is 14.9 Å². The van der Waals surface area contributed by atoms with Crippen molar-refractivity contribution in [3.63, 3.8) is 0 Å². The first-order valence-electron chi connectivity index (χ1n) is 7.16. The zero-order valence-corrected chi connectivity index (χ0v) is 11.6. The van der Waals surface area contributed by atoms with Crippen LogP contribution in [0.2, 0.25) is 0 Å². The van der Waals surface area contributed by atoms with Gasteiger partial charge in [0.15, 0.2) is 0 Å². The number of rotatable bonds is 3. The van der Waals surface area contributed by atoms with E-state index in [0.29, 0.717) is 12.5 Å². The van der Waals surface area contributed by atoms with Gasteiger partial charge in [-0.3, -0.25) is 4.90 Å². The van der Waals surface area contributed by atoms with Crippen molar-refractivity contribution in [2.45, 2.75) is 45.3 Å². The highest BCUT2D eigenvalue weighted by Gasteiger charge is 2.38. The second kappa shape index (κ2) is 5.87. The molecule has 4 nitrogen and oxygen atoms in total. The lowest BCUT2D eigenvalue weighted by molar-refractivity contribution is -0.0800. The fourth-order valence-corrected chi connectivity index (χ4v) is 3.34. The average Bonchev–Trinajstić information content (AvgIpc) is 2.35. The summed E-state index contributed by atoms with van der Waals surface area (Å²) >= 11 is 0. The predicted octanol–water partition coefficient (Wildman–Crippen LogP) is 0.867. The van der Waals surface area contributed by atoms with E-state index in [1.807, 2.05) is 0 Å². The zero-order chi connectivity index (χ0) is 13.2. The van der Waals surface area contributed by atoms with Gasteiger partial charge in [-0.15, -0.1) is 0 Å². The molecule has 0 spiro atoms. The molecule has 3 atom stereocenters. The molecule has 4 heteroatoms. The summed E-state index contributed by atoms with van der Waals surface area (Å²) in [4.78, 5) is 2.33. The van der Waals surface area contributed by atoms with Crippen molar-refractivity contribution in [2.75, 3.05) is 32.8 Å². The molecule has 0 amide bonds. The van der Waals surface area contributed by atoms with E-state index in [4.69, 9.17) is 9.84 Å². The Hall–Kier alpha value is -0.160. The second-order valence-electron chi connectivity index (χ2n) is 6.52. The van der Waals surface area contributed by atoms with E-state index >= 15 is 0 Å². The van der Waals surface area contributed by atoms with E-state index < -0.39 is 0 Å². The molecule has 0 aromatic rings. The third-order valence-corrected chi connectivity index (χ3v) is 4.56. The minimum atomic E-state index is -0.207. The minimum Gasteiger partial charge on any atom is -0.394 e. The number of aliphatic hydroxyl groups is 2. The second-order valence-corrected chi connectivity index (χ2v) is 6.52. The van der Waals surface area contributed by atoms with Gasteiger partial charge in [0.05, 0.1) is 25.4 Å². The molecule has 2 N–H and O–H groups in total. The van der Waals surface area contributed by atoms with Crippen molar-refractivity contribution in [3.05, 3.63) is 0 Å². The maximum atomic E-state index is 10.4. The Balaban J connectivity index is 1.88. The largest absolute Gasteiger partial charge is 0.394 e. The smallest absolute Gasteiger partial charge is 0.0932 e. The van der Waals surface area contributed by atoms with Crippen molar-refractivity contribution in [3.8, 4) is 0 Å². The zero-order valence-electron chi connectivity index (χ0n) is 11.6. The van der Waals surface area contributed by atoms with Gasteiger partial charge in [-0.05, 0) is 24.2 Å². The van der Waals surface area contributed by atoms with Gasteiger partial charge in [0, 0.05) is 19.6 Å². The number of hydrogen-bond donors (Lipinski definition) is 2. The van der Waals surface area contributed by atoms with Crippen LogP contribution in [0.25, 0.3) is 0 Å². The van der Waals surface area contributed by atoms with Crippen molar-refractivity contribution in [1.82, 2.24) is 4.90 Å². The monoisotopic (exact) mass is 257 g/mol. The summed E-state index contributed by atoms with van der Waals surface area (Å²) in [5, 5.41) is 19.6. The molecule has 106 valence electrons. The van der Waals surface area contributed by atoms with E-state index in [9.17, 15) is 5.11 Å². The molecule has 0 bridgehead atoms. The normalized spacial score (nSPS) is 37.7. The Morgan fingerprint density at radius 2 is 2.17 bits per heavy atom. The third-order valence-electron chi connectivity index (χ3n) is 4.56. The third kappa shape index (κ3) is 3.23. The van der Waals surface area contributed by atoms with E-state index in [2.05, 4.69) is 18.7 Å². The lowest BCUT2D eigenvalue weighted by Crippen LogP contribution is -2.50. The van der Waals surface area contributed by atoms with Crippen LogP contribution in [0.1, 0.15) is 33.1 Å². The van der Waals surface area contributed by atoms with Gasteiger partial charge >= 0.3 is 0 Å². The highest BCUT2D eigenvalue weighted by Crippen LogP contribution is 2.39. The molecule has 0 radical (unpaired) electrons. The van der Waals surface area contributed by atoms with Crippen LogP contribution < -0.4 is 0 Å². The van der Waals surface area contributed by atoms with Crippen LogP contribution in [0, 0.1) is 11.3 Å². The summed E-state index contributed by atoms with van der Waals surface area (Å²) in [6.45, 7) is 7.76. The molecule has 1 aliphatic heterocycles. The van der Waals surface area contributed by atoms with Crippen molar-refractivity contribution < 1.29 is 14.9 Å². The number of morpholine rings is 1. The molecule has 3 unspecified atom stereocenters. The van der Waals surface area contributed by atoms with Gasteiger partial charge in [0.2, 0.25) is 0 Å². The summed E-state index contributed by atoms with van der Waals surface area (Å²) < 4.78 is 5.46. The Morgan fingerprint density at radius 3 is 2.89 bits per heavy atom. The average molecular weight is 257 g/mol. The molecule has 1 saturated heterocycles.